The minimum Gasteiger partial charge on any atom is -0.494 e. The summed E-state index contributed by atoms with van der Waals surface area (Å²) >= 11 is 0. The first kappa shape index (κ1) is 26.0. The number of morpholine rings is 1. The zero-order valence-corrected chi connectivity index (χ0v) is 21.9. The maximum atomic E-state index is 13.6. The van der Waals surface area contributed by atoms with Crippen LogP contribution in [0.25, 0.3) is 5.69 Å². The number of aromatic nitrogens is 5. The molecule has 0 amide bonds. The van der Waals surface area contributed by atoms with Gasteiger partial charge in [0.1, 0.15) is 28.8 Å². The van der Waals surface area contributed by atoms with Crippen molar-refractivity contribution in [1.82, 2.24) is 30.0 Å². The number of nitrogens with zero attached hydrogens (tertiary/aromatic N) is 5. The molecule has 3 atom stereocenters. The lowest BCUT2D eigenvalue weighted by Crippen LogP contribution is -2.36. The number of methoxy groups -OCH3 is 2. The molecule has 12 heteroatoms. The number of aryl methyl sites for hydroxylation is 1. The zero-order valence-electron chi connectivity index (χ0n) is 21.1. The lowest BCUT2D eigenvalue weighted by atomic mass is 10.1. The molecule has 0 spiro atoms. The van der Waals surface area contributed by atoms with Crippen molar-refractivity contribution in [2.24, 2.45) is 0 Å². The largest absolute Gasteiger partial charge is 0.494 e. The molecule has 3 heterocycles. The van der Waals surface area contributed by atoms with Crippen molar-refractivity contribution in [2.45, 2.75) is 43.7 Å². The fourth-order valence-electron chi connectivity index (χ4n) is 4.15. The van der Waals surface area contributed by atoms with Gasteiger partial charge in [-0.05, 0) is 31.5 Å². The van der Waals surface area contributed by atoms with Crippen molar-refractivity contribution < 1.29 is 22.6 Å². The van der Waals surface area contributed by atoms with Gasteiger partial charge in [-0.25, -0.2) is 18.4 Å². The minimum atomic E-state index is -3.69. The molecule has 0 radical (unpaired) electrons. The van der Waals surface area contributed by atoms with E-state index in [1.54, 1.807) is 56.3 Å². The summed E-state index contributed by atoms with van der Waals surface area (Å²) in [5.74, 6) is 1.50. The molecule has 0 saturated carbocycles. The van der Waals surface area contributed by atoms with Crippen LogP contribution in [0.15, 0.2) is 30.6 Å². The molecule has 1 aliphatic rings. The van der Waals surface area contributed by atoms with Crippen molar-refractivity contribution in [3.05, 3.63) is 53.6 Å². The van der Waals surface area contributed by atoms with Crippen molar-refractivity contribution >= 4 is 9.84 Å². The average Bonchev–Trinajstić information content (AvgIpc) is 3.30. The maximum Gasteiger partial charge on any atom is 0.160 e. The highest BCUT2D eigenvalue weighted by atomic mass is 32.2. The second kappa shape index (κ2) is 10.9. The third-order valence-electron chi connectivity index (χ3n) is 6.42. The second-order valence-corrected chi connectivity index (χ2v) is 11.2. The summed E-state index contributed by atoms with van der Waals surface area (Å²) in [6, 6.07) is 5.08. The number of para-hydroxylation sites is 1. The molecule has 1 saturated heterocycles. The van der Waals surface area contributed by atoms with Gasteiger partial charge in [0.05, 0.1) is 38.7 Å². The summed E-state index contributed by atoms with van der Waals surface area (Å²) < 4.78 is 45.8. The van der Waals surface area contributed by atoms with Crippen LogP contribution in [-0.4, -0.2) is 72.4 Å². The van der Waals surface area contributed by atoms with Crippen molar-refractivity contribution in [3.63, 3.8) is 0 Å². The van der Waals surface area contributed by atoms with E-state index in [1.807, 2.05) is 13.8 Å². The first-order chi connectivity index (χ1) is 17.3. The molecule has 4 rings (SSSR count). The molecule has 2 aromatic heterocycles. The van der Waals surface area contributed by atoms with Crippen molar-refractivity contribution in [2.75, 3.05) is 34.0 Å². The number of sulfone groups is 1. The fraction of sp³-hybridized carbons (Fsp3) is 0.500. The molecular weight excluding hydrogens is 484 g/mol. The Morgan fingerprint density at radius 3 is 2.39 bits per heavy atom. The van der Waals surface area contributed by atoms with Gasteiger partial charge in [-0.1, -0.05) is 13.0 Å². The number of hydrogen-bond acceptors (Lipinski definition) is 10. The Hall–Kier alpha value is -3.09. The molecule has 1 fully saturated rings. The summed E-state index contributed by atoms with van der Waals surface area (Å²) in [5, 5.41) is 11.3. The van der Waals surface area contributed by atoms with Crippen LogP contribution >= 0.6 is 0 Å². The van der Waals surface area contributed by atoms with Gasteiger partial charge in [-0.15, -0.1) is 10.2 Å². The lowest BCUT2D eigenvalue weighted by Gasteiger charge is -2.25. The van der Waals surface area contributed by atoms with Gasteiger partial charge >= 0.3 is 0 Å². The standard InChI is InChI=1S/C24H32N6O5S/c1-15-11-26-23(27-12-15)16(2)17(3)36(31,32)14-21-28-29-24(18-13-35-10-9-25-18)30(21)22-19(33-4)7-6-8-20(22)34-5/h6-8,11-12,16-18,25H,9-10,13-14H2,1-5H3/t16-,17-,18-/m0/s1. The monoisotopic (exact) mass is 516 g/mol. The highest BCUT2D eigenvalue weighted by molar-refractivity contribution is 7.91. The van der Waals surface area contributed by atoms with Gasteiger partial charge < -0.3 is 19.5 Å². The van der Waals surface area contributed by atoms with E-state index in [0.29, 0.717) is 48.6 Å². The Labute approximate surface area is 211 Å². The number of benzene rings is 1. The van der Waals surface area contributed by atoms with E-state index >= 15 is 0 Å². The Morgan fingerprint density at radius 1 is 1.14 bits per heavy atom. The molecular formula is C24H32N6O5S. The highest BCUT2D eigenvalue weighted by Crippen LogP contribution is 2.36. The van der Waals surface area contributed by atoms with Crippen molar-refractivity contribution in [3.8, 4) is 17.2 Å². The maximum absolute atomic E-state index is 13.6. The third-order valence-corrected chi connectivity index (χ3v) is 8.62. The van der Waals surface area contributed by atoms with E-state index < -0.39 is 21.0 Å². The van der Waals surface area contributed by atoms with Gasteiger partial charge in [0, 0.05) is 24.9 Å². The van der Waals surface area contributed by atoms with E-state index in [9.17, 15) is 8.42 Å². The fourth-order valence-corrected chi connectivity index (χ4v) is 5.70. The molecule has 1 N–H and O–H groups in total. The molecule has 0 unspecified atom stereocenters. The van der Waals surface area contributed by atoms with E-state index in [1.165, 1.54) is 0 Å². The smallest absolute Gasteiger partial charge is 0.160 e. The van der Waals surface area contributed by atoms with Gasteiger partial charge in [-0.3, -0.25) is 4.57 Å². The third kappa shape index (κ3) is 5.20. The van der Waals surface area contributed by atoms with Crippen LogP contribution in [0.3, 0.4) is 0 Å². The number of rotatable bonds is 9. The Balaban J connectivity index is 1.77. The SMILES string of the molecule is COc1cccc(OC)c1-n1c(CS(=O)(=O)[C@@H](C)[C@H](C)c2ncc(C)cn2)nnc1[C@@H]1COCCN1. The summed E-state index contributed by atoms with van der Waals surface area (Å²) in [4.78, 5) is 8.66. The van der Waals surface area contributed by atoms with Crippen molar-refractivity contribution in [1.29, 1.82) is 0 Å². The first-order valence-electron chi connectivity index (χ1n) is 11.7. The van der Waals surface area contributed by atoms with Crippen LogP contribution in [0.4, 0.5) is 0 Å². The summed E-state index contributed by atoms with van der Waals surface area (Å²) in [7, 11) is -0.599. The quantitative estimate of drug-likeness (QED) is 0.451. The Morgan fingerprint density at radius 2 is 1.81 bits per heavy atom. The van der Waals surface area contributed by atoms with Crippen LogP contribution in [0.2, 0.25) is 0 Å². The van der Waals surface area contributed by atoms with Crippen LogP contribution < -0.4 is 14.8 Å². The highest BCUT2D eigenvalue weighted by Gasteiger charge is 2.34. The summed E-state index contributed by atoms with van der Waals surface area (Å²) in [6.07, 6.45) is 3.38. The van der Waals surface area contributed by atoms with Gasteiger partial charge in [-0.2, -0.15) is 0 Å². The molecule has 1 aliphatic heterocycles. The molecule has 194 valence electrons. The van der Waals surface area contributed by atoms with Gasteiger partial charge in [0.25, 0.3) is 0 Å². The lowest BCUT2D eigenvalue weighted by molar-refractivity contribution is 0.0736. The Kier molecular flexibility index (Phi) is 7.86. The van der Waals surface area contributed by atoms with E-state index in [2.05, 4.69) is 25.5 Å². The summed E-state index contributed by atoms with van der Waals surface area (Å²) in [5.41, 5.74) is 1.44. The average molecular weight is 517 g/mol. The molecule has 0 bridgehead atoms. The van der Waals surface area contributed by atoms with E-state index in [4.69, 9.17) is 14.2 Å². The van der Waals surface area contributed by atoms with Crippen LogP contribution in [0.5, 0.6) is 11.5 Å². The zero-order chi connectivity index (χ0) is 25.9. The molecule has 11 nitrogen and oxygen atoms in total. The molecule has 1 aromatic carbocycles. The first-order valence-corrected chi connectivity index (χ1v) is 13.4. The number of hydrogen-bond donors (Lipinski definition) is 1. The van der Waals surface area contributed by atoms with Crippen LogP contribution in [-0.2, 0) is 20.3 Å². The predicted octanol–water partition coefficient (Wildman–Crippen LogP) is 2.15. The number of nitrogens with one attached hydrogen (secondary N) is 1. The molecule has 3 aromatic rings. The van der Waals surface area contributed by atoms with Gasteiger partial charge in [0.15, 0.2) is 21.5 Å². The van der Waals surface area contributed by atoms with E-state index in [-0.39, 0.29) is 17.6 Å². The normalized spacial score (nSPS) is 18.0. The van der Waals surface area contributed by atoms with Crippen LogP contribution in [0, 0.1) is 6.92 Å². The number of ether oxygens (including phenoxy) is 3. The second-order valence-electron chi connectivity index (χ2n) is 8.82. The Bertz CT molecular complexity index is 1270. The topological polar surface area (TPSA) is 130 Å². The summed E-state index contributed by atoms with van der Waals surface area (Å²) in [6.45, 7) is 6.97. The molecule has 0 aliphatic carbocycles. The van der Waals surface area contributed by atoms with Gasteiger partial charge in [0.2, 0.25) is 0 Å². The van der Waals surface area contributed by atoms with E-state index in [0.717, 1.165) is 5.56 Å². The molecule has 36 heavy (non-hydrogen) atoms. The van der Waals surface area contributed by atoms with Crippen LogP contribution in [0.1, 0.15) is 48.8 Å². The predicted molar refractivity (Wildman–Crippen MR) is 133 cm³/mol. The minimum absolute atomic E-state index is 0.254.